The molecule has 158 valence electrons. The summed E-state index contributed by atoms with van der Waals surface area (Å²) >= 11 is 0. The van der Waals surface area contributed by atoms with Gasteiger partial charge in [-0.25, -0.2) is 4.79 Å². The van der Waals surface area contributed by atoms with Crippen molar-refractivity contribution in [3.8, 4) is 0 Å². The molecule has 2 nitrogen and oxygen atoms in total. The van der Waals surface area contributed by atoms with Crippen LogP contribution in [-0.4, -0.2) is 11.6 Å². The van der Waals surface area contributed by atoms with Crippen LogP contribution in [-0.2, 0) is 9.53 Å². The van der Waals surface area contributed by atoms with Gasteiger partial charge in [0.15, 0.2) is 0 Å². The van der Waals surface area contributed by atoms with E-state index in [1.165, 1.54) is 28.3 Å². The highest BCUT2D eigenvalue weighted by molar-refractivity contribution is 5.98. The van der Waals surface area contributed by atoms with Crippen LogP contribution in [0.3, 0.4) is 0 Å². The van der Waals surface area contributed by atoms with Gasteiger partial charge in [-0.3, -0.25) is 0 Å². The number of carbonyl (C=O) groups excluding carboxylic acids is 1. The van der Waals surface area contributed by atoms with E-state index in [9.17, 15) is 4.79 Å². The Bertz CT molecular complexity index is 1050. The molecule has 0 saturated heterocycles. The normalized spacial score (nSPS) is 12.5. The Hall–Kier alpha value is -3.39. The fraction of sp³-hybridized carbons (Fsp3) is 0.207. The van der Waals surface area contributed by atoms with Gasteiger partial charge in [-0.05, 0) is 66.7 Å². The molecule has 0 aromatic heterocycles. The van der Waals surface area contributed by atoms with Crippen molar-refractivity contribution in [1.82, 2.24) is 0 Å². The van der Waals surface area contributed by atoms with Crippen molar-refractivity contribution in [3.05, 3.63) is 113 Å². The summed E-state index contributed by atoms with van der Waals surface area (Å²) in [5, 5.41) is 0. The molecule has 0 aliphatic heterocycles. The molecule has 0 spiro atoms. The van der Waals surface area contributed by atoms with Gasteiger partial charge in [0.1, 0.15) is 5.60 Å². The van der Waals surface area contributed by atoms with Crippen molar-refractivity contribution in [2.45, 2.75) is 39.7 Å². The lowest BCUT2D eigenvalue weighted by Crippen LogP contribution is -2.22. The molecule has 3 aromatic carbocycles. The predicted molar refractivity (Wildman–Crippen MR) is 130 cm³/mol. The Balaban J connectivity index is 1.98. The van der Waals surface area contributed by atoms with Gasteiger partial charge < -0.3 is 4.74 Å². The Kier molecular flexibility index (Phi) is 7.25. The first-order valence-corrected chi connectivity index (χ1v) is 10.7. The maximum absolute atomic E-state index is 12.0. The third-order valence-corrected chi connectivity index (χ3v) is 4.86. The van der Waals surface area contributed by atoms with Crippen molar-refractivity contribution in [3.63, 3.8) is 0 Å². The first kappa shape index (κ1) is 22.3. The fourth-order valence-electron chi connectivity index (χ4n) is 3.55. The summed E-state index contributed by atoms with van der Waals surface area (Å²) in [5.41, 5.74) is 6.59. The van der Waals surface area contributed by atoms with Gasteiger partial charge in [0.2, 0.25) is 0 Å². The van der Waals surface area contributed by atoms with Crippen LogP contribution in [0.4, 0.5) is 0 Å². The van der Waals surface area contributed by atoms with E-state index in [1.54, 1.807) is 6.08 Å². The highest BCUT2D eigenvalue weighted by Crippen LogP contribution is 2.34. The minimum atomic E-state index is -0.491. The van der Waals surface area contributed by atoms with Gasteiger partial charge in [0, 0.05) is 6.08 Å². The molecule has 0 N–H and O–H groups in total. The molecule has 0 atom stereocenters. The Labute approximate surface area is 185 Å². The average Bonchev–Trinajstić information content (AvgIpc) is 2.76. The first-order valence-electron chi connectivity index (χ1n) is 10.7. The van der Waals surface area contributed by atoms with Gasteiger partial charge in [-0.1, -0.05) is 91.9 Å². The molecular formula is C29H30O2. The van der Waals surface area contributed by atoms with Gasteiger partial charge in [-0.15, -0.1) is 0 Å². The molecule has 31 heavy (non-hydrogen) atoms. The smallest absolute Gasteiger partial charge is 0.331 e. The third-order valence-electron chi connectivity index (χ3n) is 4.86. The number of carbonyl (C=O) groups is 1. The van der Waals surface area contributed by atoms with Crippen LogP contribution in [0, 0.1) is 0 Å². The number of rotatable bonds is 6. The number of ether oxygens (including phenoxy) is 1. The lowest BCUT2D eigenvalue weighted by molar-refractivity contribution is -0.148. The lowest BCUT2D eigenvalue weighted by Gasteiger charge is -2.18. The monoisotopic (exact) mass is 410 g/mol. The number of allylic oxidation sites excluding steroid dienone is 1. The molecule has 0 unspecified atom stereocenters. The Morgan fingerprint density at radius 3 is 1.81 bits per heavy atom. The van der Waals surface area contributed by atoms with E-state index in [4.69, 9.17) is 4.74 Å². The quantitative estimate of drug-likeness (QED) is 0.240. The van der Waals surface area contributed by atoms with E-state index in [0.717, 1.165) is 17.5 Å². The van der Waals surface area contributed by atoms with Crippen LogP contribution in [0.1, 0.15) is 56.4 Å². The molecule has 3 aromatic rings. The number of benzene rings is 3. The summed E-state index contributed by atoms with van der Waals surface area (Å²) in [4.78, 5) is 12.0. The molecule has 0 amide bonds. The zero-order chi connectivity index (χ0) is 22.3. The van der Waals surface area contributed by atoms with Crippen molar-refractivity contribution in [2.24, 2.45) is 0 Å². The van der Waals surface area contributed by atoms with Gasteiger partial charge in [0.05, 0.1) is 0 Å². The Morgan fingerprint density at radius 1 is 0.774 bits per heavy atom. The summed E-state index contributed by atoms with van der Waals surface area (Å²) in [6.45, 7) is 7.79. The van der Waals surface area contributed by atoms with Crippen LogP contribution >= 0.6 is 0 Å². The van der Waals surface area contributed by atoms with Gasteiger partial charge in [0.25, 0.3) is 0 Å². The summed E-state index contributed by atoms with van der Waals surface area (Å²) in [6, 6.07) is 29.4. The summed E-state index contributed by atoms with van der Waals surface area (Å²) in [6.07, 6.45) is 4.20. The molecule has 3 rings (SSSR count). The minimum absolute atomic E-state index is 0.334. The zero-order valence-electron chi connectivity index (χ0n) is 18.8. The maximum Gasteiger partial charge on any atom is 0.331 e. The first-order chi connectivity index (χ1) is 14.9. The van der Waals surface area contributed by atoms with Crippen LogP contribution in [0.5, 0.6) is 0 Å². The molecule has 0 saturated carbocycles. The van der Waals surface area contributed by atoms with Crippen LogP contribution in [0.25, 0.3) is 17.2 Å². The molecule has 0 aliphatic rings. The lowest BCUT2D eigenvalue weighted by atomic mass is 9.88. The highest BCUT2D eigenvalue weighted by atomic mass is 16.6. The molecule has 2 heteroatoms. The molecular weight excluding hydrogens is 380 g/mol. The minimum Gasteiger partial charge on any atom is -0.457 e. The second-order valence-corrected chi connectivity index (χ2v) is 8.43. The Morgan fingerprint density at radius 2 is 1.29 bits per heavy atom. The van der Waals surface area contributed by atoms with E-state index in [-0.39, 0.29) is 5.97 Å². The second-order valence-electron chi connectivity index (χ2n) is 8.43. The van der Waals surface area contributed by atoms with Crippen molar-refractivity contribution in [2.75, 3.05) is 0 Å². The van der Waals surface area contributed by atoms with Crippen LogP contribution < -0.4 is 0 Å². The van der Waals surface area contributed by atoms with Gasteiger partial charge in [-0.2, -0.15) is 0 Å². The van der Waals surface area contributed by atoms with Gasteiger partial charge >= 0.3 is 5.97 Å². The SMILES string of the molecule is CCC(=C(c1ccccc1)c1ccc(C=CC(=O)OC(C)(C)C)cc1)c1ccccc1. The predicted octanol–water partition coefficient (Wildman–Crippen LogP) is 7.41. The van der Waals surface area contributed by atoms with E-state index in [1.807, 2.05) is 45.0 Å². The third kappa shape index (κ3) is 6.29. The van der Waals surface area contributed by atoms with E-state index >= 15 is 0 Å². The highest BCUT2D eigenvalue weighted by Gasteiger charge is 2.14. The summed E-state index contributed by atoms with van der Waals surface area (Å²) in [7, 11) is 0. The van der Waals surface area contributed by atoms with E-state index in [0.29, 0.717) is 0 Å². The standard InChI is InChI=1S/C29H30O2/c1-5-26(23-12-8-6-9-13-23)28(24-14-10-7-11-15-24)25-19-16-22(17-20-25)18-21-27(30)31-29(2,3)4/h6-21H,5H2,1-4H3. The van der Waals surface area contributed by atoms with Crippen molar-refractivity contribution in [1.29, 1.82) is 0 Å². The van der Waals surface area contributed by atoms with Crippen LogP contribution in [0.2, 0.25) is 0 Å². The fourth-order valence-corrected chi connectivity index (χ4v) is 3.55. The summed E-state index contributed by atoms with van der Waals surface area (Å²) in [5.74, 6) is -0.334. The molecule has 0 bridgehead atoms. The topological polar surface area (TPSA) is 26.3 Å². The molecule has 0 aliphatic carbocycles. The van der Waals surface area contributed by atoms with E-state index < -0.39 is 5.60 Å². The zero-order valence-corrected chi connectivity index (χ0v) is 18.8. The largest absolute Gasteiger partial charge is 0.457 e. The number of hydrogen-bond donors (Lipinski definition) is 0. The number of esters is 1. The molecule has 0 heterocycles. The maximum atomic E-state index is 12.0. The second kappa shape index (κ2) is 10.1. The summed E-state index contributed by atoms with van der Waals surface area (Å²) < 4.78 is 5.34. The average molecular weight is 411 g/mol. The number of hydrogen-bond acceptors (Lipinski definition) is 2. The van der Waals surface area contributed by atoms with Crippen molar-refractivity contribution < 1.29 is 9.53 Å². The van der Waals surface area contributed by atoms with E-state index in [2.05, 4.69) is 67.6 Å². The van der Waals surface area contributed by atoms with Crippen molar-refractivity contribution >= 4 is 23.2 Å². The molecule has 0 radical (unpaired) electrons. The molecule has 0 fully saturated rings. The van der Waals surface area contributed by atoms with Crippen LogP contribution in [0.15, 0.2) is 91.0 Å².